The summed E-state index contributed by atoms with van der Waals surface area (Å²) in [6.07, 6.45) is 6.83. The van der Waals surface area contributed by atoms with Crippen LogP contribution in [-0.2, 0) is 16.0 Å². The Morgan fingerprint density at radius 3 is 2.69 bits per heavy atom. The minimum absolute atomic E-state index is 0.0535. The Bertz CT molecular complexity index is 709. The molecule has 3 aliphatic rings. The van der Waals surface area contributed by atoms with Crippen molar-refractivity contribution < 1.29 is 18.7 Å². The number of aryl methyl sites for hydroxylation is 1. The molecule has 3 fully saturated rings. The molecule has 8 nitrogen and oxygen atoms in total. The van der Waals surface area contributed by atoms with Crippen LogP contribution < -0.4 is 5.32 Å². The highest BCUT2D eigenvalue weighted by Gasteiger charge is 2.31. The Morgan fingerprint density at radius 2 is 1.97 bits per heavy atom. The van der Waals surface area contributed by atoms with E-state index in [1.54, 1.807) is 0 Å². The maximum atomic E-state index is 12.3. The molecular weight excluding hydrogens is 372 g/mol. The van der Waals surface area contributed by atoms with E-state index in [1.807, 2.05) is 11.8 Å². The molecule has 0 bridgehead atoms. The molecule has 2 aliphatic heterocycles. The largest absolute Gasteiger partial charge is 0.448 e. The van der Waals surface area contributed by atoms with Crippen molar-refractivity contribution in [1.29, 1.82) is 0 Å². The van der Waals surface area contributed by atoms with E-state index < -0.39 is 0 Å². The first-order valence-electron chi connectivity index (χ1n) is 10.9. The molecule has 0 aromatic carbocycles. The third-order valence-electron chi connectivity index (χ3n) is 6.29. The minimum atomic E-state index is -0.259. The number of nitrogens with one attached hydrogen (secondary N) is 1. The summed E-state index contributed by atoms with van der Waals surface area (Å²) in [6, 6.07) is 0. The summed E-state index contributed by atoms with van der Waals surface area (Å²) in [7, 11) is 0. The zero-order chi connectivity index (χ0) is 20.2. The van der Waals surface area contributed by atoms with Gasteiger partial charge in [-0.3, -0.25) is 9.59 Å². The van der Waals surface area contributed by atoms with E-state index in [0.29, 0.717) is 36.9 Å². The second-order valence-corrected chi connectivity index (χ2v) is 8.61. The summed E-state index contributed by atoms with van der Waals surface area (Å²) in [5.74, 6) is 1.87. The van der Waals surface area contributed by atoms with Gasteiger partial charge in [-0.05, 0) is 50.6 Å². The summed E-state index contributed by atoms with van der Waals surface area (Å²) in [6.45, 7) is 7.25. The fraction of sp³-hybridized carbons (Fsp3) is 0.762. The molecule has 1 unspecified atom stereocenters. The van der Waals surface area contributed by atoms with Crippen molar-refractivity contribution in [3.8, 4) is 0 Å². The molecule has 4 rings (SSSR count). The summed E-state index contributed by atoms with van der Waals surface area (Å²) in [5, 5.41) is 2.87. The molecule has 1 saturated carbocycles. The fourth-order valence-corrected chi connectivity index (χ4v) is 4.31. The lowest BCUT2D eigenvalue weighted by Crippen LogP contribution is -2.52. The summed E-state index contributed by atoms with van der Waals surface area (Å²) in [5.41, 5.74) is 0.328. The van der Waals surface area contributed by atoms with Crippen molar-refractivity contribution in [2.45, 2.75) is 45.1 Å². The molecule has 8 heteroatoms. The highest BCUT2D eigenvalue weighted by molar-refractivity contribution is 5.93. The van der Waals surface area contributed by atoms with Crippen LogP contribution in [0.25, 0.3) is 0 Å². The highest BCUT2D eigenvalue weighted by atomic mass is 16.5. The highest BCUT2D eigenvalue weighted by Crippen LogP contribution is 2.31. The molecule has 1 aromatic rings. The van der Waals surface area contributed by atoms with Crippen LogP contribution in [0, 0.1) is 11.8 Å². The van der Waals surface area contributed by atoms with Crippen LogP contribution in [0.4, 0.5) is 0 Å². The van der Waals surface area contributed by atoms with Crippen LogP contribution in [0.2, 0.25) is 0 Å². The van der Waals surface area contributed by atoms with Gasteiger partial charge in [0, 0.05) is 32.6 Å². The van der Waals surface area contributed by atoms with Crippen LogP contribution in [0.3, 0.4) is 0 Å². The molecule has 3 heterocycles. The number of nitrogens with zero attached hydrogens (tertiary/aromatic N) is 3. The predicted octanol–water partition coefficient (Wildman–Crippen LogP) is 1.32. The average Bonchev–Trinajstić information content (AvgIpc) is 3.41. The Hall–Kier alpha value is -1.93. The van der Waals surface area contributed by atoms with Crippen LogP contribution in [0.5, 0.6) is 0 Å². The molecule has 0 radical (unpaired) electrons. The molecule has 1 aromatic heterocycles. The Labute approximate surface area is 172 Å². The van der Waals surface area contributed by atoms with E-state index in [4.69, 9.17) is 9.15 Å². The smallest absolute Gasteiger partial charge is 0.273 e. The van der Waals surface area contributed by atoms with Gasteiger partial charge in [-0.1, -0.05) is 6.92 Å². The van der Waals surface area contributed by atoms with Crippen molar-refractivity contribution in [1.82, 2.24) is 20.1 Å². The van der Waals surface area contributed by atoms with Crippen molar-refractivity contribution in [3.63, 3.8) is 0 Å². The first-order chi connectivity index (χ1) is 14.1. The number of aromatic nitrogens is 1. The lowest BCUT2D eigenvalue weighted by atomic mass is 9.95. The zero-order valence-corrected chi connectivity index (χ0v) is 17.3. The van der Waals surface area contributed by atoms with Crippen molar-refractivity contribution in [3.05, 3.63) is 17.8 Å². The number of oxazole rings is 1. The second kappa shape index (κ2) is 9.26. The van der Waals surface area contributed by atoms with Gasteiger partial charge in [0.15, 0.2) is 12.1 Å². The SMILES string of the molecule is CCc1ocnc1C(=O)NCC1CN(CC2CCN(CC3CC3)CC2)C(=O)CO1. The number of rotatable bonds is 8. The molecule has 160 valence electrons. The lowest BCUT2D eigenvalue weighted by Gasteiger charge is -2.38. The average molecular weight is 405 g/mol. The number of carbonyl (C=O) groups is 2. The van der Waals surface area contributed by atoms with Gasteiger partial charge in [0.1, 0.15) is 12.4 Å². The van der Waals surface area contributed by atoms with Gasteiger partial charge in [0.05, 0.1) is 6.10 Å². The van der Waals surface area contributed by atoms with E-state index >= 15 is 0 Å². The number of ether oxygens (including phenoxy) is 1. The van der Waals surface area contributed by atoms with Crippen LogP contribution in [0.1, 0.15) is 48.9 Å². The minimum Gasteiger partial charge on any atom is -0.448 e. The maximum Gasteiger partial charge on any atom is 0.273 e. The van der Waals surface area contributed by atoms with Gasteiger partial charge in [-0.15, -0.1) is 0 Å². The molecule has 0 spiro atoms. The van der Waals surface area contributed by atoms with Gasteiger partial charge in [-0.2, -0.15) is 0 Å². The standard InChI is InChI=1S/C21H32N4O4/c1-2-18-20(23-14-29-18)21(27)22-9-17-12-25(19(26)13-28-17)11-16-5-7-24(8-6-16)10-15-3-4-15/h14-17H,2-13H2,1H3,(H,22,27). The number of hydrogen-bond donors (Lipinski definition) is 1. The molecule has 1 N–H and O–H groups in total. The lowest BCUT2D eigenvalue weighted by molar-refractivity contribution is -0.149. The van der Waals surface area contributed by atoms with E-state index in [9.17, 15) is 9.59 Å². The second-order valence-electron chi connectivity index (χ2n) is 8.61. The summed E-state index contributed by atoms with van der Waals surface area (Å²) < 4.78 is 10.9. The molecule has 2 amide bonds. The predicted molar refractivity (Wildman–Crippen MR) is 106 cm³/mol. The number of amides is 2. The first kappa shape index (κ1) is 20.3. The molecular formula is C21H32N4O4. The Kier molecular flexibility index (Phi) is 6.50. The molecule has 2 saturated heterocycles. The number of morpholine rings is 1. The maximum absolute atomic E-state index is 12.3. The summed E-state index contributed by atoms with van der Waals surface area (Å²) in [4.78, 5) is 33.2. The summed E-state index contributed by atoms with van der Waals surface area (Å²) >= 11 is 0. The van der Waals surface area contributed by atoms with Gasteiger partial charge < -0.3 is 24.3 Å². The zero-order valence-electron chi connectivity index (χ0n) is 17.3. The van der Waals surface area contributed by atoms with E-state index in [0.717, 1.165) is 38.4 Å². The van der Waals surface area contributed by atoms with Crippen LogP contribution >= 0.6 is 0 Å². The van der Waals surface area contributed by atoms with E-state index in [1.165, 1.54) is 25.8 Å². The molecule has 1 atom stereocenters. The topological polar surface area (TPSA) is 87.9 Å². The monoisotopic (exact) mass is 404 g/mol. The van der Waals surface area contributed by atoms with Gasteiger partial charge >= 0.3 is 0 Å². The van der Waals surface area contributed by atoms with Gasteiger partial charge in [0.25, 0.3) is 5.91 Å². The first-order valence-corrected chi connectivity index (χ1v) is 10.9. The number of piperidine rings is 1. The quantitative estimate of drug-likeness (QED) is 0.703. The van der Waals surface area contributed by atoms with Crippen LogP contribution in [0.15, 0.2) is 10.8 Å². The molecule has 1 aliphatic carbocycles. The molecule has 29 heavy (non-hydrogen) atoms. The normalized spacial score (nSPS) is 24.1. The van der Waals surface area contributed by atoms with Crippen LogP contribution in [-0.4, -0.2) is 78.6 Å². The third kappa shape index (κ3) is 5.36. The third-order valence-corrected chi connectivity index (χ3v) is 6.29. The Morgan fingerprint density at radius 1 is 1.21 bits per heavy atom. The Balaban J connectivity index is 1.22. The number of carbonyl (C=O) groups excluding carboxylic acids is 2. The fourth-order valence-electron chi connectivity index (χ4n) is 4.31. The van der Waals surface area contributed by atoms with E-state index in [-0.39, 0.29) is 24.5 Å². The number of hydrogen-bond acceptors (Lipinski definition) is 6. The van der Waals surface area contributed by atoms with Crippen molar-refractivity contribution >= 4 is 11.8 Å². The van der Waals surface area contributed by atoms with Gasteiger partial charge in [-0.25, -0.2) is 4.98 Å². The number of likely N-dealkylation sites (tertiary alicyclic amines) is 1. The van der Waals surface area contributed by atoms with E-state index in [2.05, 4.69) is 15.2 Å². The van der Waals surface area contributed by atoms with Crippen molar-refractivity contribution in [2.24, 2.45) is 11.8 Å². The van der Waals surface area contributed by atoms with Crippen molar-refractivity contribution in [2.75, 3.05) is 45.9 Å². The van der Waals surface area contributed by atoms with Gasteiger partial charge in [0.2, 0.25) is 5.91 Å².